The monoisotopic (exact) mass is 240 g/mol. The van der Waals surface area contributed by atoms with E-state index in [1.807, 2.05) is 0 Å². The van der Waals surface area contributed by atoms with E-state index in [1.165, 1.54) is 0 Å². The number of hydrogen-bond donors (Lipinski definition) is 2. The predicted octanol–water partition coefficient (Wildman–Crippen LogP) is 2.20. The van der Waals surface area contributed by atoms with Crippen molar-refractivity contribution in [3.8, 4) is 6.07 Å². The summed E-state index contributed by atoms with van der Waals surface area (Å²) in [5.74, 6) is -0.456. The maximum Gasteiger partial charge on any atom is 0.213 e. The lowest BCUT2D eigenvalue weighted by atomic mass is 10.1. The van der Waals surface area contributed by atoms with E-state index in [0.717, 1.165) is 0 Å². The van der Waals surface area contributed by atoms with Gasteiger partial charge in [0.1, 0.15) is 6.07 Å². The highest BCUT2D eigenvalue weighted by atomic mass is 35.5. The molecule has 0 aromatic heterocycles. The molecule has 0 bridgehead atoms. The number of rotatable bonds is 1. The van der Waals surface area contributed by atoms with E-state index >= 15 is 0 Å². The number of aliphatic imine (C=N–C) groups is 1. The van der Waals surface area contributed by atoms with Gasteiger partial charge in [0.15, 0.2) is 5.71 Å². The second-order valence-electron chi connectivity index (χ2n) is 2.56. The normalized spacial score (nSPS) is 10.9. The first-order valence-electron chi connectivity index (χ1n) is 3.83. The molecule has 1 aromatic rings. The zero-order valence-corrected chi connectivity index (χ0v) is 8.97. The van der Waals surface area contributed by atoms with Gasteiger partial charge in [-0.25, -0.2) is 4.99 Å². The zero-order chi connectivity index (χ0) is 11.4. The van der Waals surface area contributed by atoms with Gasteiger partial charge < -0.3 is 5.73 Å². The Balaban J connectivity index is 3.33. The average molecular weight is 241 g/mol. The van der Waals surface area contributed by atoms with E-state index in [0.29, 0.717) is 10.6 Å². The van der Waals surface area contributed by atoms with E-state index in [9.17, 15) is 0 Å². The Hall–Kier alpha value is -1.57. The van der Waals surface area contributed by atoms with Crippen LogP contribution in [0, 0.1) is 16.7 Å². The van der Waals surface area contributed by atoms with Crippen molar-refractivity contribution in [2.75, 3.05) is 0 Å². The summed E-state index contributed by atoms with van der Waals surface area (Å²) >= 11 is 11.6. The lowest BCUT2D eigenvalue weighted by molar-refractivity contribution is 1.37. The van der Waals surface area contributed by atoms with Crippen LogP contribution in [-0.4, -0.2) is 11.7 Å². The van der Waals surface area contributed by atoms with E-state index in [1.54, 1.807) is 24.3 Å². The molecule has 0 saturated heterocycles. The van der Waals surface area contributed by atoms with Gasteiger partial charge in [0.2, 0.25) is 5.96 Å². The predicted molar refractivity (Wildman–Crippen MR) is 60.5 cm³/mol. The first-order valence-corrected chi connectivity index (χ1v) is 4.59. The molecule has 0 heterocycles. The maximum atomic E-state index is 8.81. The van der Waals surface area contributed by atoms with Crippen molar-refractivity contribution in [3.05, 3.63) is 33.8 Å². The molecule has 6 heteroatoms. The van der Waals surface area contributed by atoms with Crippen LogP contribution >= 0.6 is 23.2 Å². The summed E-state index contributed by atoms with van der Waals surface area (Å²) < 4.78 is 0. The molecule has 76 valence electrons. The van der Waals surface area contributed by atoms with Gasteiger partial charge in [-0.2, -0.15) is 5.26 Å². The van der Waals surface area contributed by atoms with Crippen LogP contribution in [0.15, 0.2) is 23.2 Å². The van der Waals surface area contributed by atoms with Gasteiger partial charge in [0, 0.05) is 5.56 Å². The number of nitrogens with zero attached hydrogens (tertiary/aromatic N) is 2. The molecule has 0 saturated carbocycles. The van der Waals surface area contributed by atoms with Crippen molar-refractivity contribution in [1.29, 1.82) is 10.7 Å². The smallest absolute Gasteiger partial charge is 0.213 e. The van der Waals surface area contributed by atoms with Crippen LogP contribution in [0.2, 0.25) is 10.0 Å². The number of nitriles is 1. The average Bonchev–Trinajstić information content (AvgIpc) is 2.19. The first-order chi connectivity index (χ1) is 7.06. The zero-order valence-electron chi connectivity index (χ0n) is 7.46. The minimum atomic E-state index is -0.456. The molecular formula is C9H6Cl2N4. The van der Waals surface area contributed by atoms with Gasteiger partial charge in [-0.3, -0.25) is 5.41 Å². The third kappa shape index (κ3) is 2.69. The van der Waals surface area contributed by atoms with Gasteiger partial charge in [-0.15, -0.1) is 0 Å². The molecule has 0 spiro atoms. The topological polar surface area (TPSA) is 86.0 Å². The van der Waals surface area contributed by atoms with Crippen LogP contribution in [0.3, 0.4) is 0 Å². The maximum absolute atomic E-state index is 8.81. The Bertz CT molecular complexity index is 473. The number of nitrogens with one attached hydrogen (secondary N) is 1. The van der Waals surface area contributed by atoms with Crippen molar-refractivity contribution < 1.29 is 0 Å². The molecule has 0 aliphatic carbocycles. The summed E-state index contributed by atoms with van der Waals surface area (Å²) in [7, 11) is 0. The molecule has 4 nitrogen and oxygen atoms in total. The molecule has 0 aliphatic rings. The summed E-state index contributed by atoms with van der Waals surface area (Å²) in [6, 6.07) is 6.62. The summed E-state index contributed by atoms with van der Waals surface area (Å²) in [6.45, 7) is 0. The Morgan fingerprint density at radius 1 is 1.47 bits per heavy atom. The van der Waals surface area contributed by atoms with Crippen LogP contribution in [0.1, 0.15) is 5.56 Å². The van der Waals surface area contributed by atoms with Crippen LogP contribution in [0.4, 0.5) is 0 Å². The quantitative estimate of drug-likeness (QED) is 0.583. The molecule has 1 rings (SSSR count). The van der Waals surface area contributed by atoms with Crippen LogP contribution < -0.4 is 5.73 Å². The Kier molecular flexibility index (Phi) is 3.67. The van der Waals surface area contributed by atoms with Crippen molar-refractivity contribution in [3.63, 3.8) is 0 Å². The lowest BCUT2D eigenvalue weighted by Gasteiger charge is -2.02. The van der Waals surface area contributed by atoms with Crippen molar-refractivity contribution in [1.82, 2.24) is 0 Å². The van der Waals surface area contributed by atoms with E-state index in [-0.39, 0.29) is 10.7 Å². The molecule has 0 fully saturated rings. The van der Waals surface area contributed by atoms with Gasteiger partial charge in [0.25, 0.3) is 0 Å². The molecule has 0 aliphatic heterocycles. The SMILES string of the molecule is N#C/C(=N\C(=N)N)c1cccc(Cl)c1Cl. The number of nitrogens with two attached hydrogens (primary N) is 1. The van der Waals surface area contributed by atoms with Crippen LogP contribution in [0.5, 0.6) is 0 Å². The number of halogens is 2. The van der Waals surface area contributed by atoms with Crippen LogP contribution in [0.25, 0.3) is 0 Å². The third-order valence-corrected chi connectivity index (χ3v) is 2.36. The molecule has 3 N–H and O–H groups in total. The number of benzene rings is 1. The van der Waals surface area contributed by atoms with Gasteiger partial charge in [-0.1, -0.05) is 35.3 Å². The lowest BCUT2D eigenvalue weighted by Crippen LogP contribution is -2.10. The minimum Gasteiger partial charge on any atom is -0.368 e. The first kappa shape index (κ1) is 11.5. The fourth-order valence-electron chi connectivity index (χ4n) is 0.953. The Morgan fingerprint density at radius 3 is 2.67 bits per heavy atom. The van der Waals surface area contributed by atoms with Crippen molar-refractivity contribution in [2.45, 2.75) is 0 Å². The molecule has 1 aromatic carbocycles. The highest BCUT2D eigenvalue weighted by Gasteiger charge is 2.10. The van der Waals surface area contributed by atoms with E-state index in [2.05, 4.69) is 4.99 Å². The molecule has 0 amide bonds. The highest BCUT2D eigenvalue weighted by Crippen LogP contribution is 2.25. The second-order valence-corrected chi connectivity index (χ2v) is 3.34. The molecule has 0 atom stereocenters. The van der Waals surface area contributed by atoms with Gasteiger partial charge in [0.05, 0.1) is 10.0 Å². The Morgan fingerprint density at radius 2 is 2.13 bits per heavy atom. The fourth-order valence-corrected chi connectivity index (χ4v) is 1.34. The van der Waals surface area contributed by atoms with Crippen LogP contribution in [-0.2, 0) is 0 Å². The summed E-state index contributed by atoms with van der Waals surface area (Å²) in [5, 5.41) is 16.3. The standard InChI is InChI=1S/C9H6Cl2N4/c10-6-3-1-2-5(8(6)11)7(4-12)15-9(13)14/h1-3H,(H3,13,14)/b15-7+. The third-order valence-electron chi connectivity index (χ3n) is 1.54. The van der Waals surface area contributed by atoms with Gasteiger partial charge >= 0.3 is 0 Å². The summed E-state index contributed by atoms with van der Waals surface area (Å²) in [5.41, 5.74) is 5.39. The number of hydrogen-bond acceptors (Lipinski definition) is 2. The number of guanidine groups is 1. The molecule has 0 unspecified atom stereocenters. The second kappa shape index (κ2) is 4.78. The van der Waals surface area contributed by atoms with Crippen molar-refractivity contribution >= 4 is 34.9 Å². The Labute approximate surface area is 96.4 Å². The molecule has 15 heavy (non-hydrogen) atoms. The summed E-state index contributed by atoms with van der Waals surface area (Å²) in [4.78, 5) is 3.54. The fraction of sp³-hybridized carbons (Fsp3) is 0. The minimum absolute atomic E-state index is 0.0324. The van der Waals surface area contributed by atoms with E-state index < -0.39 is 5.96 Å². The van der Waals surface area contributed by atoms with E-state index in [4.69, 9.17) is 39.6 Å². The highest BCUT2D eigenvalue weighted by molar-refractivity contribution is 6.44. The molecule has 0 radical (unpaired) electrons. The van der Waals surface area contributed by atoms with Gasteiger partial charge in [-0.05, 0) is 6.07 Å². The largest absolute Gasteiger partial charge is 0.368 e. The summed E-state index contributed by atoms with van der Waals surface area (Å²) in [6.07, 6.45) is 0. The molecular weight excluding hydrogens is 235 g/mol. The van der Waals surface area contributed by atoms with Crippen molar-refractivity contribution in [2.24, 2.45) is 10.7 Å².